The summed E-state index contributed by atoms with van der Waals surface area (Å²) < 4.78 is 13.7. The highest BCUT2D eigenvalue weighted by Crippen LogP contribution is 2.31. The summed E-state index contributed by atoms with van der Waals surface area (Å²) in [6, 6.07) is 5.55. The molecular formula is C20H25NO4S. The molecule has 0 aliphatic heterocycles. The van der Waals surface area contributed by atoms with Crippen LogP contribution in [0.25, 0.3) is 12.2 Å². The number of hydrogen-bond acceptors (Lipinski definition) is 5. The van der Waals surface area contributed by atoms with Crippen LogP contribution in [0.15, 0.2) is 23.0 Å². The van der Waals surface area contributed by atoms with Crippen LogP contribution in [0, 0.1) is 5.41 Å². The monoisotopic (exact) mass is 375 g/mol. The van der Waals surface area contributed by atoms with Crippen LogP contribution in [0.3, 0.4) is 0 Å². The lowest BCUT2D eigenvalue weighted by molar-refractivity contribution is -0.120. The molecule has 1 aromatic carbocycles. The van der Waals surface area contributed by atoms with Crippen LogP contribution < -0.4 is 24.2 Å². The first-order valence-corrected chi connectivity index (χ1v) is 9.24. The van der Waals surface area contributed by atoms with E-state index in [0.717, 1.165) is 5.56 Å². The molecule has 2 rings (SSSR count). The van der Waals surface area contributed by atoms with E-state index in [1.807, 2.05) is 45.9 Å². The number of rotatable bonds is 5. The van der Waals surface area contributed by atoms with Crippen molar-refractivity contribution >= 4 is 29.3 Å². The highest BCUT2D eigenvalue weighted by molar-refractivity contribution is 7.07. The number of ketones is 1. The van der Waals surface area contributed by atoms with Crippen molar-refractivity contribution in [3.63, 3.8) is 0 Å². The summed E-state index contributed by atoms with van der Waals surface area (Å²) in [5.41, 5.74) is 0.122. The highest BCUT2D eigenvalue weighted by Gasteiger charge is 2.19. The van der Waals surface area contributed by atoms with Crippen molar-refractivity contribution < 1.29 is 14.3 Å². The van der Waals surface area contributed by atoms with Gasteiger partial charge in [-0.3, -0.25) is 9.59 Å². The van der Waals surface area contributed by atoms with E-state index in [0.29, 0.717) is 27.3 Å². The molecule has 0 saturated heterocycles. The first-order valence-electron chi connectivity index (χ1n) is 8.42. The normalized spacial score (nSPS) is 13.2. The first kappa shape index (κ1) is 20.0. The van der Waals surface area contributed by atoms with Crippen LogP contribution >= 0.6 is 11.3 Å². The Hall–Kier alpha value is -2.34. The minimum absolute atomic E-state index is 0.0168. The topological polar surface area (TPSA) is 57.5 Å². The van der Waals surface area contributed by atoms with Crippen molar-refractivity contribution in [1.82, 2.24) is 4.57 Å². The Morgan fingerprint density at radius 3 is 2.58 bits per heavy atom. The number of carbonyl (C=O) groups excluding carboxylic acids is 1. The largest absolute Gasteiger partial charge is 0.492 e. The van der Waals surface area contributed by atoms with E-state index in [1.165, 1.54) is 22.0 Å². The number of thiazole rings is 1. The van der Waals surface area contributed by atoms with Gasteiger partial charge in [0.05, 0.1) is 18.2 Å². The van der Waals surface area contributed by atoms with Crippen LogP contribution in [0.4, 0.5) is 0 Å². The fourth-order valence-electron chi connectivity index (χ4n) is 2.31. The Morgan fingerprint density at radius 2 is 2.00 bits per heavy atom. The molecule has 0 amide bonds. The lowest BCUT2D eigenvalue weighted by atomic mass is 9.91. The number of Topliss-reactive ketones (excluding diaryl/α,β-unsaturated/α-hetero) is 1. The van der Waals surface area contributed by atoms with Crippen LogP contribution in [-0.4, -0.2) is 24.1 Å². The van der Waals surface area contributed by atoms with Gasteiger partial charge in [-0.05, 0) is 19.1 Å². The fourth-order valence-corrected chi connectivity index (χ4v) is 3.33. The Kier molecular flexibility index (Phi) is 6.08. The van der Waals surface area contributed by atoms with Crippen LogP contribution in [0.1, 0.15) is 33.3 Å². The van der Waals surface area contributed by atoms with Gasteiger partial charge >= 0.3 is 0 Å². The molecule has 0 aliphatic rings. The molecule has 2 aromatic rings. The number of carbonyl (C=O) groups is 1. The zero-order chi connectivity index (χ0) is 19.5. The quantitative estimate of drug-likeness (QED) is 0.803. The molecule has 26 heavy (non-hydrogen) atoms. The Labute approximate surface area is 157 Å². The second-order valence-corrected chi connectivity index (χ2v) is 7.95. The van der Waals surface area contributed by atoms with E-state index >= 15 is 0 Å². The van der Waals surface area contributed by atoms with Crippen molar-refractivity contribution in [3.8, 4) is 11.5 Å². The summed E-state index contributed by atoms with van der Waals surface area (Å²) in [7, 11) is 3.24. The van der Waals surface area contributed by atoms with Crippen LogP contribution in [0.5, 0.6) is 11.5 Å². The summed E-state index contributed by atoms with van der Waals surface area (Å²) in [5.74, 6) is 1.20. The van der Waals surface area contributed by atoms with Gasteiger partial charge in [-0.15, -0.1) is 11.3 Å². The molecule has 1 aromatic heterocycles. The lowest BCUT2D eigenvalue weighted by Crippen LogP contribution is -2.30. The van der Waals surface area contributed by atoms with Gasteiger partial charge in [0.25, 0.3) is 5.56 Å². The third-order valence-electron chi connectivity index (χ3n) is 3.85. The van der Waals surface area contributed by atoms with Crippen molar-refractivity contribution in [2.45, 2.75) is 27.7 Å². The molecule has 0 atom stereocenters. The first-order chi connectivity index (χ1) is 12.2. The van der Waals surface area contributed by atoms with Crippen molar-refractivity contribution in [2.24, 2.45) is 12.5 Å². The van der Waals surface area contributed by atoms with Gasteiger partial charge in [-0.1, -0.05) is 32.9 Å². The number of para-hydroxylation sites is 1. The highest BCUT2D eigenvalue weighted by atomic mass is 32.1. The zero-order valence-corrected chi connectivity index (χ0v) is 16.9. The number of ether oxygens (including phenoxy) is 2. The van der Waals surface area contributed by atoms with E-state index < -0.39 is 5.41 Å². The molecule has 140 valence electrons. The maximum absolute atomic E-state index is 12.6. The second kappa shape index (κ2) is 7.91. The van der Waals surface area contributed by atoms with Gasteiger partial charge in [0.15, 0.2) is 17.3 Å². The predicted octanol–water partition coefficient (Wildman–Crippen LogP) is 2.08. The molecular weight excluding hydrogens is 350 g/mol. The average molecular weight is 375 g/mol. The summed E-state index contributed by atoms with van der Waals surface area (Å²) in [6.45, 7) is 7.99. The minimum atomic E-state index is -0.487. The number of hydrogen-bond donors (Lipinski definition) is 0. The molecule has 0 unspecified atom stereocenters. The molecule has 0 aliphatic carbocycles. The third kappa shape index (κ3) is 4.25. The van der Waals surface area contributed by atoms with Crippen molar-refractivity contribution in [1.29, 1.82) is 0 Å². The lowest BCUT2D eigenvalue weighted by Gasteiger charge is -2.12. The van der Waals surface area contributed by atoms with Gasteiger partial charge < -0.3 is 14.0 Å². The number of nitrogens with zero attached hydrogens (tertiary/aromatic N) is 1. The molecule has 1 heterocycles. The Bertz CT molecular complexity index is 977. The van der Waals surface area contributed by atoms with Gasteiger partial charge in [0, 0.05) is 24.1 Å². The summed E-state index contributed by atoms with van der Waals surface area (Å²) in [5, 5.41) is 0. The second-order valence-electron chi connectivity index (χ2n) is 6.88. The van der Waals surface area contributed by atoms with E-state index in [1.54, 1.807) is 20.2 Å². The molecule has 0 fully saturated rings. The maximum Gasteiger partial charge on any atom is 0.268 e. The SMILES string of the molecule is CCOc1cccc(/C=c2\s/c(=C\C(=O)C(C)(C)C)n(C)c2=O)c1OC. The maximum atomic E-state index is 12.6. The smallest absolute Gasteiger partial charge is 0.268 e. The number of methoxy groups -OCH3 is 1. The molecule has 5 nitrogen and oxygen atoms in total. The van der Waals surface area contributed by atoms with Crippen molar-refractivity contribution in [3.05, 3.63) is 43.3 Å². The molecule has 0 N–H and O–H groups in total. The summed E-state index contributed by atoms with van der Waals surface area (Å²) in [6.07, 6.45) is 3.31. The fraction of sp³-hybridized carbons (Fsp3) is 0.400. The summed E-state index contributed by atoms with van der Waals surface area (Å²) >= 11 is 1.29. The Morgan fingerprint density at radius 1 is 1.31 bits per heavy atom. The van der Waals surface area contributed by atoms with Gasteiger partial charge in [0.1, 0.15) is 4.66 Å². The molecule has 0 bridgehead atoms. The zero-order valence-electron chi connectivity index (χ0n) is 16.1. The van der Waals surface area contributed by atoms with E-state index in [-0.39, 0.29) is 11.3 Å². The van der Waals surface area contributed by atoms with E-state index in [9.17, 15) is 9.59 Å². The minimum Gasteiger partial charge on any atom is -0.492 e. The number of benzene rings is 1. The molecule has 0 radical (unpaired) electrons. The van der Waals surface area contributed by atoms with Gasteiger partial charge in [-0.2, -0.15) is 0 Å². The number of aromatic nitrogens is 1. The van der Waals surface area contributed by atoms with Crippen molar-refractivity contribution in [2.75, 3.05) is 13.7 Å². The van der Waals surface area contributed by atoms with Crippen LogP contribution in [-0.2, 0) is 11.8 Å². The Balaban J connectivity index is 2.63. The van der Waals surface area contributed by atoms with E-state index in [4.69, 9.17) is 9.47 Å². The third-order valence-corrected chi connectivity index (χ3v) is 4.97. The average Bonchev–Trinajstić information content (AvgIpc) is 2.83. The van der Waals surface area contributed by atoms with Gasteiger partial charge in [-0.25, -0.2) is 0 Å². The standard InChI is InChI=1S/C20H25NO4S/c1-7-25-14-10-8-9-13(18(14)24-6)11-15-19(23)21(5)17(26-15)12-16(22)20(2,3)4/h8-12H,7H2,1-6H3/b15-11-,17-12-. The molecule has 0 saturated carbocycles. The van der Waals surface area contributed by atoms with E-state index in [2.05, 4.69) is 0 Å². The molecule has 6 heteroatoms. The molecule has 0 spiro atoms. The van der Waals surface area contributed by atoms with Crippen LogP contribution in [0.2, 0.25) is 0 Å². The predicted molar refractivity (Wildman–Crippen MR) is 105 cm³/mol. The van der Waals surface area contributed by atoms with Gasteiger partial charge in [0.2, 0.25) is 0 Å². The summed E-state index contributed by atoms with van der Waals surface area (Å²) in [4.78, 5) is 24.8.